The maximum Gasteiger partial charge on any atom is 0.166 e. The Balaban J connectivity index is 1.25. The number of thioether (sulfide) groups is 1. The molecule has 1 N–H and O–H groups in total. The number of hydrogen-bond acceptors (Lipinski definition) is 5. The molecule has 0 bridgehead atoms. The van der Waals surface area contributed by atoms with Crippen molar-refractivity contribution in [1.82, 2.24) is 15.0 Å². The van der Waals surface area contributed by atoms with Gasteiger partial charge in [0.15, 0.2) is 5.16 Å². The van der Waals surface area contributed by atoms with Crippen molar-refractivity contribution in [2.24, 2.45) is 0 Å². The topological polar surface area (TPSA) is 74.6 Å². The Hall–Kier alpha value is -4.08. The number of pyridine rings is 1. The number of H-pyrrole nitrogens is 1. The molecule has 0 unspecified atom stereocenters. The number of aromatic nitrogens is 3. The minimum atomic E-state index is 0.646. The van der Waals surface area contributed by atoms with Crippen molar-refractivity contribution in [2.45, 2.75) is 10.9 Å². The first-order chi connectivity index (χ1) is 15.8. The summed E-state index contributed by atoms with van der Waals surface area (Å²) in [7, 11) is 0. The van der Waals surface area contributed by atoms with Crippen molar-refractivity contribution in [3.8, 4) is 28.7 Å². The summed E-state index contributed by atoms with van der Waals surface area (Å²) in [6.45, 7) is 0. The van der Waals surface area contributed by atoms with Crippen LogP contribution in [0, 0.1) is 11.3 Å². The number of fused-ring (bicyclic) bond motifs is 1. The van der Waals surface area contributed by atoms with E-state index in [1.54, 1.807) is 24.0 Å². The molecule has 3 aromatic carbocycles. The maximum absolute atomic E-state index is 9.09. The highest BCUT2D eigenvalue weighted by Crippen LogP contribution is 2.28. The Bertz CT molecular complexity index is 1390. The number of aromatic amines is 1. The molecule has 32 heavy (non-hydrogen) atoms. The van der Waals surface area contributed by atoms with Crippen molar-refractivity contribution in [2.75, 3.05) is 0 Å². The second-order valence-corrected chi connectivity index (χ2v) is 8.11. The fraction of sp³-hybridized carbons (Fsp3) is 0.0385. The van der Waals surface area contributed by atoms with Gasteiger partial charge in [0.1, 0.15) is 11.5 Å². The van der Waals surface area contributed by atoms with Crippen molar-refractivity contribution in [3.63, 3.8) is 0 Å². The van der Waals surface area contributed by atoms with E-state index in [0.29, 0.717) is 11.3 Å². The number of benzene rings is 3. The first-order valence-corrected chi connectivity index (χ1v) is 11.1. The Morgan fingerprint density at radius 1 is 0.875 bits per heavy atom. The molecule has 0 aliphatic carbocycles. The SMILES string of the molecule is N#Cc1cccc(-c2ccc(Oc3ccnc(CSc4nc5ccccc5[nH]4)c3)cc2)c1. The molecule has 0 amide bonds. The lowest BCUT2D eigenvalue weighted by Crippen LogP contribution is -1.90. The molecule has 0 aliphatic heterocycles. The summed E-state index contributed by atoms with van der Waals surface area (Å²) in [5, 5.41) is 9.96. The van der Waals surface area contributed by atoms with Gasteiger partial charge in [0.2, 0.25) is 0 Å². The van der Waals surface area contributed by atoms with Crippen LogP contribution in [0.15, 0.2) is 96.3 Å². The van der Waals surface area contributed by atoms with Crippen molar-refractivity contribution in [1.29, 1.82) is 5.26 Å². The van der Waals surface area contributed by atoms with Crippen LogP contribution in [0.4, 0.5) is 0 Å². The third kappa shape index (κ3) is 4.48. The van der Waals surface area contributed by atoms with Crippen molar-refractivity contribution >= 4 is 22.8 Å². The van der Waals surface area contributed by atoms with E-state index >= 15 is 0 Å². The molecule has 5 nitrogen and oxygen atoms in total. The molecule has 5 rings (SSSR count). The number of para-hydroxylation sites is 2. The average molecular weight is 435 g/mol. The third-order valence-electron chi connectivity index (χ3n) is 4.93. The maximum atomic E-state index is 9.09. The van der Waals surface area contributed by atoms with Gasteiger partial charge in [-0.05, 0) is 53.6 Å². The Kier molecular flexibility index (Phi) is 5.56. The highest BCUT2D eigenvalue weighted by atomic mass is 32.2. The van der Waals surface area contributed by atoms with Crippen molar-refractivity contribution in [3.05, 3.63) is 102 Å². The molecule has 0 saturated carbocycles. The number of nitrogens with zero attached hydrogens (tertiary/aromatic N) is 3. The minimum Gasteiger partial charge on any atom is -0.457 e. The van der Waals surface area contributed by atoms with Crippen LogP contribution < -0.4 is 4.74 Å². The molecule has 0 atom stereocenters. The molecule has 0 fully saturated rings. The summed E-state index contributed by atoms with van der Waals surface area (Å²) in [5.74, 6) is 2.16. The summed E-state index contributed by atoms with van der Waals surface area (Å²) in [5.41, 5.74) is 5.59. The third-order valence-corrected chi connectivity index (χ3v) is 5.83. The first kappa shape index (κ1) is 19.9. The van der Waals surface area contributed by atoms with Crippen LogP contribution in [-0.2, 0) is 5.75 Å². The van der Waals surface area contributed by atoms with Crippen molar-refractivity contribution < 1.29 is 4.74 Å². The lowest BCUT2D eigenvalue weighted by molar-refractivity contribution is 0.481. The predicted molar refractivity (Wildman–Crippen MR) is 127 cm³/mol. The van der Waals surface area contributed by atoms with Gasteiger partial charge in [0, 0.05) is 18.0 Å². The monoisotopic (exact) mass is 434 g/mol. The van der Waals surface area contributed by atoms with E-state index in [4.69, 9.17) is 10.00 Å². The van der Waals surface area contributed by atoms with Gasteiger partial charge in [-0.2, -0.15) is 5.26 Å². The van der Waals surface area contributed by atoms with Gasteiger partial charge in [0.05, 0.1) is 28.4 Å². The number of rotatable bonds is 6. The van der Waals surface area contributed by atoms with Crippen LogP contribution >= 0.6 is 11.8 Å². The largest absolute Gasteiger partial charge is 0.457 e. The van der Waals surface area contributed by atoms with Gasteiger partial charge in [-0.3, -0.25) is 4.98 Å². The molecular formula is C26H18N4OS. The summed E-state index contributed by atoms with van der Waals surface area (Å²) >= 11 is 1.61. The molecule has 0 radical (unpaired) electrons. The van der Waals surface area contributed by atoms with Gasteiger partial charge in [-0.25, -0.2) is 4.98 Å². The molecule has 5 aromatic rings. The Morgan fingerprint density at radius 2 is 1.75 bits per heavy atom. The van der Waals surface area contributed by atoms with E-state index in [2.05, 4.69) is 21.0 Å². The second kappa shape index (κ2) is 8.96. The molecule has 0 saturated heterocycles. The van der Waals surface area contributed by atoms with E-state index in [9.17, 15) is 0 Å². The molecule has 2 aromatic heterocycles. The summed E-state index contributed by atoms with van der Waals surface area (Å²) in [4.78, 5) is 12.4. The lowest BCUT2D eigenvalue weighted by Gasteiger charge is -2.08. The van der Waals surface area contributed by atoms with Gasteiger partial charge < -0.3 is 9.72 Å². The molecular weight excluding hydrogens is 416 g/mol. The van der Waals surface area contributed by atoms with E-state index in [1.807, 2.05) is 78.9 Å². The van der Waals surface area contributed by atoms with E-state index in [1.165, 1.54) is 0 Å². The highest BCUT2D eigenvalue weighted by Gasteiger charge is 2.06. The van der Waals surface area contributed by atoms with Crippen LogP contribution in [-0.4, -0.2) is 15.0 Å². The lowest BCUT2D eigenvalue weighted by atomic mass is 10.0. The minimum absolute atomic E-state index is 0.646. The van der Waals surface area contributed by atoms with Crippen LogP contribution in [0.25, 0.3) is 22.2 Å². The number of nitrogens with one attached hydrogen (secondary N) is 1. The standard InChI is InChI=1S/C26H18N4OS/c27-16-18-4-3-5-20(14-18)19-8-10-22(11-9-19)31-23-12-13-28-21(15-23)17-32-26-29-24-6-1-2-7-25(24)30-26/h1-15H,17H2,(H,29,30). The number of ether oxygens (including phenoxy) is 1. The fourth-order valence-electron chi connectivity index (χ4n) is 3.36. The fourth-order valence-corrected chi connectivity index (χ4v) is 4.15. The normalized spacial score (nSPS) is 10.7. The number of imidazole rings is 1. The van der Waals surface area contributed by atoms with Crippen LogP contribution in [0.1, 0.15) is 11.3 Å². The zero-order chi connectivity index (χ0) is 21.8. The van der Waals surface area contributed by atoms with Crippen LogP contribution in [0.2, 0.25) is 0 Å². The zero-order valence-electron chi connectivity index (χ0n) is 17.0. The van der Waals surface area contributed by atoms with Gasteiger partial charge in [-0.1, -0.05) is 48.2 Å². The molecule has 154 valence electrons. The molecule has 2 heterocycles. The zero-order valence-corrected chi connectivity index (χ0v) is 17.8. The first-order valence-electron chi connectivity index (χ1n) is 10.1. The van der Waals surface area contributed by atoms with Gasteiger partial charge in [0.25, 0.3) is 0 Å². The molecule has 0 aliphatic rings. The van der Waals surface area contributed by atoms with E-state index < -0.39 is 0 Å². The van der Waals surface area contributed by atoms with Gasteiger partial charge >= 0.3 is 0 Å². The van der Waals surface area contributed by atoms with E-state index in [-0.39, 0.29) is 0 Å². The smallest absolute Gasteiger partial charge is 0.166 e. The second-order valence-electron chi connectivity index (χ2n) is 7.15. The predicted octanol–water partition coefficient (Wildman–Crippen LogP) is 6.58. The summed E-state index contributed by atoms with van der Waals surface area (Å²) in [6, 6.07) is 29.4. The van der Waals surface area contributed by atoms with Crippen LogP contribution in [0.3, 0.4) is 0 Å². The summed E-state index contributed by atoms with van der Waals surface area (Å²) in [6.07, 6.45) is 1.76. The quantitative estimate of drug-likeness (QED) is 0.306. The number of nitriles is 1. The van der Waals surface area contributed by atoms with Crippen LogP contribution in [0.5, 0.6) is 11.5 Å². The van der Waals surface area contributed by atoms with Gasteiger partial charge in [-0.15, -0.1) is 0 Å². The molecule has 6 heteroatoms. The Labute approximate surface area is 189 Å². The highest BCUT2D eigenvalue weighted by molar-refractivity contribution is 7.98. The molecule has 0 spiro atoms. The summed E-state index contributed by atoms with van der Waals surface area (Å²) < 4.78 is 6.03. The average Bonchev–Trinajstić information content (AvgIpc) is 3.27. The van der Waals surface area contributed by atoms with E-state index in [0.717, 1.165) is 44.5 Å². The Morgan fingerprint density at radius 3 is 2.59 bits per heavy atom. The number of hydrogen-bond donors (Lipinski definition) is 1.